The molecule has 1 heterocycles. The van der Waals surface area contributed by atoms with Gasteiger partial charge in [0, 0.05) is 26.4 Å². The van der Waals surface area contributed by atoms with Crippen molar-refractivity contribution in [1.82, 2.24) is 5.32 Å². The molecule has 3 nitrogen and oxygen atoms in total. The summed E-state index contributed by atoms with van der Waals surface area (Å²) >= 11 is 6.67. The number of benzene rings is 1. The van der Waals surface area contributed by atoms with Crippen molar-refractivity contribution in [1.29, 1.82) is 0 Å². The van der Waals surface area contributed by atoms with Gasteiger partial charge in [-0.15, -0.1) is 11.3 Å². The zero-order valence-electron chi connectivity index (χ0n) is 11.4. The third-order valence-corrected chi connectivity index (χ3v) is 5.85. The minimum Gasteiger partial charge on any atom is -0.397 e. The van der Waals surface area contributed by atoms with Gasteiger partial charge in [-0.05, 0) is 30.9 Å². The monoisotopic (exact) mass is 372 g/mol. The van der Waals surface area contributed by atoms with E-state index in [9.17, 15) is 4.79 Å². The van der Waals surface area contributed by atoms with Crippen molar-refractivity contribution in [3.63, 3.8) is 0 Å². The predicted molar refractivity (Wildman–Crippen MR) is 93.9 cm³/mol. The van der Waals surface area contributed by atoms with Crippen molar-refractivity contribution in [2.75, 3.05) is 18.5 Å². The summed E-state index contributed by atoms with van der Waals surface area (Å²) in [6.45, 7) is 2.83. The van der Waals surface area contributed by atoms with Gasteiger partial charge in [-0.1, -0.05) is 22.9 Å². The summed E-state index contributed by atoms with van der Waals surface area (Å²) in [5, 5.41) is 4.43. The number of nitrogen functional groups attached to an aromatic ring is 1. The Morgan fingerprint density at radius 3 is 3.00 bits per heavy atom. The smallest absolute Gasteiger partial charge is 0.263 e. The fourth-order valence-corrected chi connectivity index (χ4v) is 3.58. The van der Waals surface area contributed by atoms with E-state index < -0.39 is 0 Å². The van der Waals surface area contributed by atoms with Gasteiger partial charge in [0.05, 0.1) is 5.69 Å². The van der Waals surface area contributed by atoms with Crippen LogP contribution in [0.1, 0.15) is 23.0 Å². The third kappa shape index (κ3) is 3.48. The quantitative estimate of drug-likeness (QED) is 0.829. The number of carbonyl (C=O) groups is 1. The van der Waals surface area contributed by atoms with Gasteiger partial charge in [0.1, 0.15) is 4.88 Å². The number of nitrogens with two attached hydrogens (primary N) is 1. The number of thiophene rings is 1. The Morgan fingerprint density at radius 2 is 2.30 bits per heavy atom. The second kappa shape index (κ2) is 6.83. The van der Waals surface area contributed by atoms with E-state index in [2.05, 4.69) is 34.4 Å². The summed E-state index contributed by atoms with van der Waals surface area (Å²) in [7, 11) is 0. The number of anilines is 1. The molecule has 0 radical (unpaired) electrons. The van der Waals surface area contributed by atoms with Crippen LogP contribution in [-0.4, -0.2) is 24.0 Å². The first-order chi connectivity index (χ1) is 9.52. The second-order valence-corrected chi connectivity index (χ2v) is 7.82. The molecule has 108 valence electrons. The highest BCUT2D eigenvalue weighted by Crippen LogP contribution is 2.35. The van der Waals surface area contributed by atoms with E-state index in [1.807, 2.05) is 18.2 Å². The topological polar surface area (TPSA) is 55.1 Å². The van der Waals surface area contributed by atoms with Gasteiger partial charge in [0.15, 0.2) is 0 Å². The van der Waals surface area contributed by atoms with E-state index >= 15 is 0 Å². The van der Waals surface area contributed by atoms with Crippen molar-refractivity contribution >= 4 is 60.7 Å². The van der Waals surface area contributed by atoms with Crippen molar-refractivity contribution < 1.29 is 4.79 Å². The van der Waals surface area contributed by atoms with Gasteiger partial charge in [-0.3, -0.25) is 4.79 Å². The minimum absolute atomic E-state index is 0.0758. The molecule has 2 aromatic rings. The number of nitrogens with one attached hydrogen (secondary N) is 1. The minimum atomic E-state index is -0.0758. The molecular weight excluding hydrogens is 356 g/mol. The Balaban J connectivity index is 2.12. The van der Waals surface area contributed by atoms with E-state index in [4.69, 9.17) is 5.73 Å². The molecule has 1 aromatic carbocycles. The Morgan fingerprint density at radius 1 is 1.55 bits per heavy atom. The molecule has 1 aromatic heterocycles. The molecule has 1 atom stereocenters. The van der Waals surface area contributed by atoms with Crippen LogP contribution in [0.25, 0.3) is 10.1 Å². The van der Waals surface area contributed by atoms with Gasteiger partial charge in [-0.2, -0.15) is 11.8 Å². The van der Waals surface area contributed by atoms with E-state index in [0.29, 0.717) is 22.4 Å². The first kappa shape index (κ1) is 15.7. The highest BCUT2D eigenvalue weighted by Gasteiger charge is 2.16. The van der Waals surface area contributed by atoms with Crippen LogP contribution in [0.5, 0.6) is 0 Å². The number of rotatable bonds is 5. The van der Waals surface area contributed by atoms with E-state index in [-0.39, 0.29) is 5.91 Å². The number of hydrogen-bond acceptors (Lipinski definition) is 4. The molecular formula is C14H17BrN2OS2. The van der Waals surface area contributed by atoms with Crippen LogP contribution < -0.4 is 11.1 Å². The lowest BCUT2D eigenvalue weighted by atomic mass is 10.2. The Labute approximate surface area is 135 Å². The SMILES string of the molecule is CSC(C)CCNC(=O)c1sc2ccc(Br)cc2c1N. The number of carbonyl (C=O) groups excluding carboxylic acids is 1. The molecule has 0 spiro atoms. The Bertz CT molecular complexity index is 627. The maximum absolute atomic E-state index is 12.2. The predicted octanol–water partition coefficient (Wildman–Crippen LogP) is 4.12. The summed E-state index contributed by atoms with van der Waals surface area (Å²) in [4.78, 5) is 12.8. The normalized spacial score (nSPS) is 12.6. The number of amides is 1. The van der Waals surface area contributed by atoms with Crippen LogP contribution in [0.3, 0.4) is 0 Å². The third-order valence-electron chi connectivity index (χ3n) is 3.13. The molecule has 20 heavy (non-hydrogen) atoms. The summed E-state index contributed by atoms with van der Waals surface area (Å²) in [5.41, 5.74) is 6.66. The number of halogens is 1. The van der Waals surface area contributed by atoms with E-state index in [1.54, 1.807) is 11.8 Å². The zero-order chi connectivity index (χ0) is 14.7. The maximum atomic E-state index is 12.2. The Hall–Kier alpha value is -0.720. The molecule has 0 aliphatic heterocycles. The van der Waals surface area contributed by atoms with Crippen molar-refractivity contribution in [2.24, 2.45) is 0 Å². The van der Waals surface area contributed by atoms with Gasteiger partial charge in [-0.25, -0.2) is 0 Å². The van der Waals surface area contributed by atoms with Gasteiger partial charge in [0.25, 0.3) is 5.91 Å². The number of thioether (sulfide) groups is 1. The maximum Gasteiger partial charge on any atom is 0.263 e. The van der Waals surface area contributed by atoms with Crippen molar-refractivity contribution in [3.8, 4) is 0 Å². The Kier molecular flexibility index (Phi) is 5.35. The van der Waals surface area contributed by atoms with Crippen LogP contribution >= 0.6 is 39.0 Å². The highest BCUT2D eigenvalue weighted by atomic mass is 79.9. The van der Waals surface area contributed by atoms with Crippen molar-refractivity contribution in [3.05, 3.63) is 27.5 Å². The van der Waals surface area contributed by atoms with Crippen molar-refractivity contribution in [2.45, 2.75) is 18.6 Å². The molecule has 6 heteroatoms. The molecule has 1 unspecified atom stereocenters. The molecule has 0 aliphatic rings. The molecule has 3 N–H and O–H groups in total. The highest BCUT2D eigenvalue weighted by molar-refractivity contribution is 9.10. The molecule has 2 rings (SSSR count). The number of hydrogen-bond donors (Lipinski definition) is 2. The van der Waals surface area contributed by atoms with Crippen LogP contribution in [0.2, 0.25) is 0 Å². The zero-order valence-corrected chi connectivity index (χ0v) is 14.6. The van der Waals surface area contributed by atoms with Gasteiger partial charge in [0.2, 0.25) is 0 Å². The lowest BCUT2D eigenvalue weighted by molar-refractivity contribution is 0.0958. The number of fused-ring (bicyclic) bond motifs is 1. The average molecular weight is 373 g/mol. The lowest BCUT2D eigenvalue weighted by Gasteiger charge is -2.08. The van der Waals surface area contributed by atoms with Gasteiger partial charge < -0.3 is 11.1 Å². The second-order valence-electron chi connectivity index (χ2n) is 4.58. The standard InChI is InChI=1S/C14H17BrN2OS2/c1-8(19-2)5-6-17-14(18)13-12(16)10-7-9(15)3-4-11(10)20-13/h3-4,7-8H,5-6,16H2,1-2H3,(H,17,18). The molecule has 0 saturated carbocycles. The molecule has 0 fully saturated rings. The molecule has 0 aliphatic carbocycles. The van der Waals surface area contributed by atoms with E-state index in [1.165, 1.54) is 11.3 Å². The molecule has 0 bridgehead atoms. The van der Waals surface area contributed by atoms with Crippen LogP contribution in [0.4, 0.5) is 5.69 Å². The van der Waals surface area contributed by atoms with Crippen LogP contribution in [0.15, 0.2) is 22.7 Å². The van der Waals surface area contributed by atoms with E-state index in [0.717, 1.165) is 21.0 Å². The summed E-state index contributed by atoms with van der Waals surface area (Å²) < 4.78 is 2.00. The summed E-state index contributed by atoms with van der Waals surface area (Å²) in [6.07, 6.45) is 3.04. The largest absolute Gasteiger partial charge is 0.397 e. The van der Waals surface area contributed by atoms with Gasteiger partial charge >= 0.3 is 0 Å². The fourth-order valence-electron chi connectivity index (χ4n) is 1.84. The molecule has 0 saturated heterocycles. The molecule has 1 amide bonds. The summed E-state index contributed by atoms with van der Waals surface area (Å²) in [6, 6.07) is 5.89. The first-order valence-electron chi connectivity index (χ1n) is 6.31. The summed E-state index contributed by atoms with van der Waals surface area (Å²) in [5.74, 6) is -0.0758. The van der Waals surface area contributed by atoms with Crippen LogP contribution in [0, 0.1) is 0 Å². The van der Waals surface area contributed by atoms with Crippen LogP contribution in [-0.2, 0) is 0 Å². The average Bonchev–Trinajstić information content (AvgIpc) is 2.75. The fraction of sp³-hybridized carbons (Fsp3) is 0.357. The lowest BCUT2D eigenvalue weighted by Crippen LogP contribution is -2.25. The first-order valence-corrected chi connectivity index (χ1v) is 9.21.